The Balaban J connectivity index is 2.71. The Morgan fingerprint density at radius 1 is 1.24 bits per heavy atom. The molecule has 1 heterocycles. The monoisotopic (exact) mass is 266 g/mol. The van der Waals surface area contributed by atoms with Crippen molar-refractivity contribution in [3.05, 3.63) is 0 Å². The van der Waals surface area contributed by atoms with Crippen molar-refractivity contribution >= 4 is 22.1 Å². The highest BCUT2D eigenvalue weighted by atomic mass is 32.2. The number of nitrogens with zero attached hydrogens (tertiary/aromatic N) is 1. The van der Waals surface area contributed by atoms with Gasteiger partial charge in [0.25, 0.3) is 10.2 Å². The summed E-state index contributed by atoms with van der Waals surface area (Å²) in [5.41, 5.74) is 0. The molecule has 0 aliphatic carbocycles. The minimum Gasteiger partial charge on any atom is -0.481 e. The van der Waals surface area contributed by atoms with Crippen molar-refractivity contribution in [1.29, 1.82) is 0 Å². The summed E-state index contributed by atoms with van der Waals surface area (Å²) < 4.78 is 26.4. The summed E-state index contributed by atoms with van der Waals surface area (Å²) in [5.74, 6) is -2.88. The lowest BCUT2D eigenvalue weighted by Crippen LogP contribution is -2.48. The highest BCUT2D eigenvalue weighted by Gasteiger charge is 2.31. The predicted molar refractivity (Wildman–Crippen MR) is 56.5 cm³/mol. The van der Waals surface area contributed by atoms with Gasteiger partial charge < -0.3 is 10.2 Å². The highest BCUT2D eigenvalue weighted by Crippen LogP contribution is 2.12. The standard InChI is InChI=1S/C8H14N2O6S/c11-7(12)5-6(8(13)14)9-17(15,16)10-3-1-2-4-10/h6,9H,1-5H2,(H,11,12)(H,13,14)/t6-/m1/s1. The Labute approximate surface area is 98.4 Å². The third-order valence-electron chi connectivity index (χ3n) is 2.37. The molecule has 98 valence electrons. The first kappa shape index (κ1) is 13.9. The van der Waals surface area contributed by atoms with E-state index in [1.165, 1.54) is 0 Å². The van der Waals surface area contributed by atoms with Crippen molar-refractivity contribution in [2.24, 2.45) is 0 Å². The molecule has 1 atom stereocenters. The molecule has 1 rings (SSSR count). The maximum Gasteiger partial charge on any atom is 0.322 e. The number of hydrogen-bond donors (Lipinski definition) is 3. The average Bonchev–Trinajstić information content (AvgIpc) is 2.68. The van der Waals surface area contributed by atoms with E-state index >= 15 is 0 Å². The molecule has 9 heteroatoms. The van der Waals surface area contributed by atoms with Gasteiger partial charge in [-0.05, 0) is 12.8 Å². The van der Waals surface area contributed by atoms with E-state index in [0.29, 0.717) is 13.1 Å². The molecule has 0 spiro atoms. The van der Waals surface area contributed by atoms with Crippen molar-refractivity contribution in [3.8, 4) is 0 Å². The summed E-state index contributed by atoms with van der Waals surface area (Å²) in [5, 5.41) is 17.2. The number of carboxylic acid groups (broad SMARTS) is 2. The molecule has 1 saturated heterocycles. The average molecular weight is 266 g/mol. The van der Waals surface area contributed by atoms with E-state index in [2.05, 4.69) is 0 Å². The lowest BCUT2D eigenvalue weighted by molar-refractivity contribution is -0.145. The van der Waals surface area contributed by atoms with Crippen LogP contribution in [0.25, 0.3) is 0 Å². The van der Waals surface area contributed by atoms with Crippen LogP contribution in [0.3, 0.4) is 0 Å². The molecule has 3 N–H and O–H groups in total. The van der Waals surface area contributed by atoms with Gasteiger partial charge in [0.2, 0.25) is 0 Å². The number of aliphatic carboxylic acids is 2. The van der Waals surface area contributed by atoms with E-state index in [1.807, 2.05) is 4.72 Å². The molecule has 0 bridgehead atoms. The third kappa shape index (κ3) is 3.95. The van der Waals surface area contributed by atoms with Crippen LogP contribution in [0.1, 0.15) is 19.3 Å². The summed E-state index contributed by atoms with van der Waals surface area (Å²) in [6.45, 7) is 0.656. The molecule has 8 nitrogen and oxygen atoms in total. The minimum atomic E-state index is -3.91. The van der Waals surface area contributed by atoms with Gasteiger partial charge >= 0.3 is 11.9 Å². The molecule has 0 aromatic rings. The Bertz CT molecular complexity index is 400. The molecule has 0 aromatic carbocycles. The number of rotatable bonds is 6. The first-order valence-corrected chi connectivity index (χ1v) is 6.49. The van der Waals surface area contributed by atoms with Crippen LogP contribution in [0.4, 0.5) is 0 Å². The fourth-order valence-electron chi connectivity index (χ4n) is 1.54. The van der Waals surface area contributed by atoms with E-state index in [1.54, 1.807) is 0 Å². The first-order valence-electron chi connectivity index (χ1n) is 5.05. The second kappa shape index (κ2) is 5.43. The van der Waals surface area contributed by atoms with E-state index in [0.717, 1.165) is 17.1 Å². The smallest absolute Gasteiger partial charge is 0.322 e. The van der Waals surface area contributed by atoms with Crippen LogP contribution < -0.4 is 4.72 Å². The zero-order valence-corrected chi connectivity index (χ0v) is 9.81. The van der Waals surface area contributed by atoms with Crippen molar-refractivity contribution in [3.63, 3.8) is 0 Å². The summed E-state index contributed by atoms with van der Waals surface area (Å²) in [4.78, 5) is 21.1. The summed E-state index contributed by atoms with van der Waals surface area (Å²) in [6, 6.07) is -1.64. The Kier molecular flexibility index (Phi) is 4.43. The quantitative estimate of drug-likeness (QED) is 0.557. The number of carbonyl (C=O) groups is 2. The summed E-state index contributed by atoms with van der Waals surface area (Å²) >= 11 is 0. The molecule has 0 aromatic heterocycles. The van der Waals surface area contributed by atoms with Gasteiger partial charge in [0, 0.05) is 13.1 Å². The maximum absolute atomic E-state index is 11.7. The molecule has 17 heavy (non-hydrogen) atoms. The van der Waals surface area contributed by atoms with Crippen LogP contribution in [0.5, 0.6) is 0 Å². The van der Waals surface area contributed by atoms with Gasteiger partial charge in [-0.25, -0.2) is 0 Å². The predicted octanol–water partition coefficient (Wildman–Crippen LogP) is -1.16. The zero-order chi connectivity index (χ0) is 13.1. The largest absolute Gasteiger partial charge is 0.481 e. The number of hydrogen-bond acceptors (Lipinski definition) is 4. The van der Waals surface area contributed by atoms with Crippen LogP contribution in [0, 0.1) is 0 Å². The molecule has 1 aliphatic rings. The van der Waals surface area contributed by atoms with Crippen LogP contribution in [-0.2, 0) is 19.8 Å². The molecule has 0 radical (unpaired) electrons. The van der Waals surface area contributed by atoms with Crippen molar-refractivity contribution in [2.75, 3.05) is 13.1 Å². The SMILES string of the molecule is O=C(O)C[C@@H](NS(=O)(=O)N1CCCC1)C(=O)O. The topological polar surface area (TPSA) is 124 Å². The lowest BCUT2D eigenvalue weighted by atomic mass is 10.2. The van der Waals surface area contributed by atoms with Gasteiger partial charge in [-0.3, -0.25) is 9.59 Å². The second-order valence-corrected chi connectivity index (χ2v) is 5.42. The number of nitrogens with one attached hydrogen (secondary N) is 1. The minimum absolute atomic E-state index is 0.328. The fourth-order valence-corrected chi connectivity index (χ4v) is 2.97. The number of carboxylic acids is 2. The van der Waals surface area contributed by atoms with E-state index in [-0.39, 0.29) is 0 Å². The second-order valence-electron chi connectivity index (χ2n) is 3.72. The van der Waals surface area contributed by atoms with Gasteiger partial charge in [-0.2, -0.15) is 17.4 Å². The van der Waals surface area contributed by atoms with Gasteiger partial charge in [0.05, 0.1) is 6.42 Å². The van der Waals surface area contributed by atoms with E-state index < -0.39 is 34.6 Å². The Hall–Kier alpha value is -1.19. The van der Waals surface area contributed by atoms with Crippen LogP contribution in [0.2, 0.25) is 0 Å². The van der Waals surface area contributed by atoms with Gasteiger partial charge in [0.15, 0.2) is 0 Å². The van der Waals surface area contributed by atoms with Gasteiger partial charge in [0.1, 0.15) is 6.04 Å². The summed E-state index contributed by atoms with van der Waals surface area (Å²) in [6.07, 6.45) is 0.650. The van der Waals surface area contributed by atoms with E-state index in [4.69, 9.17) is 10.2 Å². The Morgan fingerprint density at radius 2 is 1.76 bits per heavy atom. The van der Waals surface area contributed by atoms with Crippen LogP contribution in [-0.4, -0.2) is 54.0 Å². The summed E-state index contributed by atoms with van der Waals surface area (Å²) in [7, 11) is -3.91. The normalized spacial score (nSPS) is 19.1. The molecule has 1 aliphatic heterocycles. The van der Waals surface area contributed by atoms with Crippen molar-refractivity contribution in [1.82, 2.24) is 9.03 Å². The molecule has 0 saturated carbocycles. The van der Waals surface area contributed by atoms with Gasteiger partial charge in [-0.1, -0.05) is 0 Å². The highest BCUT2D eigenvalue weighted by molar-refractivity contribution is 7.87. The van der Waals surface area contributed by atoms with Crippen LogP contribution in [0.15, 0.2) is 0 Å². The molecule has 0 amide bonds. The van der Waals surface area contributed by atoms with Crippen molar-refractivity contribution < 1.29 is 28.2 Å². The van der Waals surface area contributed by atoms with Gasteiger partial charge in [-0.15, -0.1) is 0 Å². The Morgan fingerprint density at radius 3 is 2.18 bits per heavy atom. The first-order chi connectivity index (χ1) is 7.83. The molecular weight excluding hydrogens is 252 g/mol. The van der Waals surface area contributed by atoms with Crippen molar-refractivity contribution in [2.45, 2.75) is 25.3 Å². The lowest BCUT2D eigenvalue weighted by Gasteiger charge is -2.19. The fraction of sp³-hybridized carbons (Fsp3) is 0.750. The van der Waals surface area contributed by atoms with E-state index in [9.17, 15) is 18.0 Å². The van der Waals surface area contributed by atoms with Crippen LogP contribution >= 0.6 is 0 Å². The molecular formula is C8H14N2O6S. The third-order valence-corrected chi connectivity index (χ3v) is 4.00. The maximum atomic E-state index is 11.7. The molecule has 0 unspecified atom stereocenters. The molecule has 1 fully saturated rings. The zero-order valence-electron chi connectivity index (χ0n) is 9.00.